The fraction of sp³-hybridized carbons (Fsp3) is 0.600. The third-order valence-electron chi connectivity index (χ3n) is 10.2. The molecule has 2 heterocycles. The normalized spacial score (nSPS) is 18.2. The second kappa shape index (κ2) is 21.2. The van der Waals surface area contributed by atoms with Crippen molar-refractivity contribution in [1.82, 2.24) is 31.2 Å². The minimum atomic E-state index is -1.35. The highest BCUT2D eigenvalue weighted by Crippen LogP contribution is 2.28. The lowest BCUT2D eigenvalue weighted by Gasteiger charge is -2.36. The zero-order valence-electron chi connectivity index (χ0n) is 33.9. The van der Waals surface area contributed by atoms with Crippen molar-refractivity contribution in [3.8, 4) is 0 Å². The SMILES string of the molecule is COC(=O)/C=C/CC[C@H](NC(=O)Cc1cncc(C(=O)O)c1)C(=O)N[C@H](C(=O)N1CC(=O)C[C@H]1C(=O)N[C@H](C(=O)N[C@H](C(=O)O)C1CCCCC1)C(C)C)C(C)(C)C. The molecule has 0 unspecified atom stereocenters. The number of carbonyl (C=O) groups excluding carboxylic acids is 7. The Balaban J connectivity index is 1.82. The van der Waals surface area contributed by atoms with Gasteiger partial charge in [-0.25, -0.2) is 14.4 Å². The number of methoxy groups -OCH3 is 1. The number of hydrogen-bond acceptors (Lipinski definition) is 11. The van der Waals surface area contributed by atoms with E-state index in [0.717, 1.165) is 36.4 Å². The minimum absolute atomic E-state index is 0.0428. The van der Waals surface area contributed by atoms with Crippen LogP contribution in [0.1, 0.15) is 102 Å². The fourth-order valence-electron chi connectivity index (χ4n) is 7.00. The second-order valence-corrected chi connectivity index (χ2v) is 16.2. The summed E-state index contributed by atoms with van der Waals surface area (Å²) in [5, 5.41) is 29.8. The smallest absolute Gasteiger partial charge is 0.337 e. The molecule has 3 rings (SSSR count). The monoisotopic (exact) mass is 812 g/mol. The van der Waals surface area contributed by atoms with E-state index < -0.39 is 101 Å². The molecule has 2 aliphatic rings. The Hall–Kier alpha value is -5.68. The van der Waals surface area contributed by atoms with E-state index in [1.807, 2.05) is 0 Å². The number of hydrogen-bond donors (Lipinski definition) is 6. The molecule has 0 spiro atoms. The van der Waals surface area contributed by atoms with Gasteiger partial charge >= 0.3 is 17.9 Å². The van der Waals surface area contributed by atoms with Gasteiger partial charge < -0.3 is 41.1 Å². The summed E-state index contributed by atoms with van der Waals surface area (Å²) in [6, 6.07) is -5.02. The molecule has 1 aromatic heterocycles. The molecule has 1 aliphatic heterocycles. The van der Waals surface area contributed by atoms with Crippen LogP contribution in [-0.2, 0) is 49.5 Å². The molecule has 0 radical (unpaired) electrons. The van der Waals surface area contributed by atoms with Crippen LogP contribution in [0.5, 0.6) is 0 Å². The summed E-state index contributed by atoms with van der Waals surface area (Å²) in [5.41, 5.74) is -0.889. The van der Waals surface area contributed by atoms with Gasteiger partial charge in [0.05, 0.1) is 25.6 Å². The molecule has 5 atom stereocenters. The van der Waals surface area contributed by atoms with Crippen molar-refractivity contribution in [1.29, 1.82) is 0 Å². The van der Waals surface area contributed by atoms with E-state index in [-0.39, 0.29) is 42.7 Å². The highest BCUT2D eigenvalue weighted by Gasteiger charge is 2.46. The zero-order valence-corrected chi connectivity index (χ0v) is 33.9. The largest absolute Gasteiger partial charge is 0.480 e. The van der Waals surface area contributed by atoms with E-state index in [1.165, 1.54) is 25.4 Å². The number of carbonyl (C=O) groups is 9. The van der Waals surface area contributed by atoms with Crippen LogP contribution < -0.4 is 21.3 Å². The van der Waals surface area contributed by atoms with E-state index in [1.54, 1.807) is 34.6 Å². The minimum Gasteiger partial charge on any atom is -0.480 e. The van der Waals surface area contributed by atoms with Gasteiger partial charge in [-0.2, -0.15) is 0 Å². The van der Waals surface area contributed by atoms with Gasteiger partial charge in [0.15, 0.2) is 5.78 Å². The molecule has 0 aromatic carbocycles. The number of ether oxygens (including phenoxy) is 1. The summed E-state index contributed by atoms with van der Waals surface area (Å²) in [6.07, 6.45) is 8.33. The van der Waals surface area contributed by atoms with Gasteiger partial charge in [-0.05, 0) is 54.6 Å². The van der Waals surface area contributed by atoms with E-state index in [0.29, 0.717) is 12.8 Å². The van der Waals surface area contributed by atoms with Gasteiger partial charge in [-0.1, -0.05) is 60.0 Å². The van der Waals surface area contributed by atoms with Crippen molar-refractivity contribution in [3.63, 3.8) is 0 Å². The summed E-state index contributed by atoms with van der Waals surface area (Å²) in [4.78, 5) is 122. The summed E-state index contributed by atoms with van der Waals surface area (Å²) >= 11 is 0. The Morgan fingerprint density at radius 1 is 0.948 bits per heavy atom. The summed E-state index contributed by atoms with van der Waals surface area (Å²) in [6.45, 7) is 7.84. The maximum absolute atomic E-state index is 14.3. The quantitative estimate of drug-likeness (QED) is 0.0903. The number of rotatable bonds is 18. The van der Waals surface area contributed by atoms with Crippen LogP contribution in [0.25, 0.3) is 0 Å². The van der Waals surface area contributed by atoms with Gasteiger partial charge in [-0.3, -0.25) is 33.8 Å². The van der Waals surface area contributed by atoms with Crippen LogP contribution in [0.3, 0.4) is 0 Å². The second-order valence-electron chi connectivity index (χ2n) is 16.2. The molecule has 0 bridgehead atoms. The van der Waals surface area contributed by atoms with Crippen LogP contribution in [0, 0.1) is 17.3 Å². The third kappa shape index (κ3) is 13.5. The first-order valence-corrected chi connectivity index (χ1v) is 19.4. The van der Waals surface area contributed by atoms with E-state index in [9.17, 15) is 53.4 Å². The Kier molecular flexibility index (Phi) is 17.1. The molecule has 6 N–H and O–H groups in total. The number of aromatic nitrogens is 1. The van der Waals surface area contributed by atoms with Gasteiger partial charge in [-0.15, -0.1) is 0 Å². The predicted molar refractivity (Wildman–Crippen MR) is 207 cm³/mol. The average Bonchev–Trinajstić information content (AvgIpc) is 3.56. The van der Waals surface area contributed by atoms with Crippen LogP contribution in [0.2, 0.25) is 0 Å². The number of amides is 5. The van der Waals surface area contributed by atoms with Crippen molar-refractivity contribution < 1.29 is 58.1 Å². The van der Waals surface area contributed by atoms with E-state index >= 15 is 0 Å². The first kappa shape index (κ1) is 46.7. The molecule has 1 aliphatic carbocycles. The number of likely N-dealkylation sites (tertiary alicyclic amines) is 1. The molecule has 5 amide bonds. The van der Waals surface area contributed by atoms with Crippen LogP contribution >= 0.6 is 0 Å². The van der Waals surface area contributed by atoms with Crippen molar-refractivity contribution in [2.45, 2.75) is 123 Å². The highest BCUT2D eigenvalue weighted by molar-refractivity contribution is 6.02. The first-order valence-electron chi connectivity index (χ1n) is 19.4. The number of carboxylic acids is 2. The topological polar surface area (TPSA) is 268 Å². The Labute approximate surface area is 337 Å². The first-order chi connectivity index (χ1) is 27.2. The number of nitrogens with zero attached hydrogens (tertiary/aromatic N) is 2. The number of nitrogens with one attached hydrogen (secondary N) is 4. The molecule has 1 aromatic rings. The maximum atomic E-state index is 14.3. The molecule has 18 nitrogen and oxygen atoms in total. The molecule has 318 valence electrons. The van der Waals surface area contributed by atoms with Crippen molar-refractivity contribution in [2.75, 3.05) is 13.7 Å². The molecule has 2 fully saturated rings. The van der Waals surface area contributed by atoms with Crippen LogP contribution in [0.4, 0.5) is 0 Å². The van der Waals surface area contributed by atoms with Gasteiger partial charge in [0.25, 0.3) is 0 Å². The highest BCUT2D eigenvalue weighted by atomic mass is 16.5. The lowest BCUT2D eigenvalue weighted by atomic mass is 9.83. The number of esters is 1. The van der Waals surface area contributed by atoms with Crippen LogP contribution in [0.15, 0.2) is 30.6 Å². The number of carboxylic acid groups (broad SMARTS) is 2. The molecular formula is C40H56N6O12. The number of allylic oxidation sites excluding steroid dienone is 1. The van der Waals surface area contributed by atoms with Gasteiger partial charge in [0.2, 0.25) is 29.5 Å². The van der Waals surface area contributed by atoms with Crippen molar-refractivity contribution >= 4 is 53.2 Å². The zero-order chi connectivity index (χ0) is 43.3. The lowest BCUT2D eigenvalue weighted by Crippen LogP contribution is -2.61. The lowest BCUT2D eigenvalue weighted by molar-refractivity contribution is -0.146. The Morgan fingerprint density at radius 3 is 2.21 bits per heavy atom. The van der Waals surface area contributed by atoms with Crippen molar-refractivity contribution in [3.05, 3.63) is 41.7 Å². The third-order valence-corrected chi connectivity index (χ3v) is 10.2. The van der Waals surface area contributed by atoms with E-state index in [4.69, 9.17) is 0 Å². The maximum Gasteiger partial charge on any atom is 0.337 e. The summed E-state index contributed by atoms with van der Waals surface area (Å²) < 4.78 is 4.59. The number of aliphatic carboxylic acids is 1. The molecular weight excluding hydrogens is 756 g/mol. The Morgan fingerprint density at radius 2 is 1.62 bits per heavy atom. The Bertz CT molecular complexity index is 1750. The van der Waals surface area contributed by atoms with Crippen molar-refractivity contribution in [2.24, 2.45) is 17.3 Å². The number of Topliss-reactive ketones (excluding diaryl/α,β-unsaturated/α-hetero) is 1. The molecule has 18 heteroatoms. The summed E-state index contributed by atoms with van der Waals surface area (Å²) in [7, 11) is 1.19. The number of pyridine rings is 1. The van der Waals surface area contributed by atoms with E-state index in [2.05, 4.69) is 31.0 Å². The molecule has 1 saturated carbocycles. The molecule has 1 saturated heterocycles. The number of ketones is 1. The molecule has 58 heavy (non-hydrogen) atoms. The summed E-state index contributed by atoms with van der Waals surface area (Å²) in [5.74, 6) is -8.00. The van der Waals surface area contributed by atoms with Gasteiger partial charge in [0.1, 0.15) is 30.2 Å². The standard InChI is InChI=1S/C40H56N6O12/c1-22(2)31(36(52)44-32(39(56)57)24-12-8-7-9-13-24)43-35(51)28-18-26(47)21-46(28)37(53)33(40(3,4)5)45-34(50)27(14-10-11-15-30(49)58-6)42-29(48)17-23-16-25(38(54)55)20-41-19-23/h11,15-16,19-20,22,24,27-28,31-33H,7-10,12-14,17-18,21H2,1-6H3,(H,42,48)(H,43,51)(H,44,52)(H,45,50)(H,54,55)(H,56,57)/b15-11+/t27-,28-,31-,32-,33+/m0/s1. The average molecular weight is 813 g/mol. The van der Waals surface area contributed by atoms with Gasteiger partial charge in [0, 0.05) is 24.9 Å². The predicted octanol–water partition coefficient (Wildman–Crippen LogP) is 1.31. The fourth-order valence-corrected chi connectivity index (χ4v) is 7.00. The number of aromatic carboxylic acids is 1. The van der Waals surface area contributed by atoms with Crippen LogP contribution in [-0.4, -0.2) is 117 Å².